The number of hydrogen-bond acceptors (Lipinski definition) is 5. The first kappa shape index (κ1) is 21.6. The summed E-state index contributed by atoms with van der Waals surface area (Å²) >= 11 is 0. The number of hydrogen-bond donors (Lipinski definition) is 1. The molecule has 1 N–H and O–H groups in total. The molecule has 2 aliphatic heterocycles. The minimum atomic E-state index is -0.584. The van der Waals surface area contributed by atoms with Crippen LogP contribution >= 0.6 is 0 Å². The summed E-state index contributed by atoms with van der Waals surface area (Å²) in [6.45, 7) is 2.06. The van der Waals surface area contributed by atoms with Crippen molar-refractivity contribution in [3.63, 3.8) is 0 Å². The zero-order valence-corrected chi connectivity index (χ0v) is 17.2. The normalized spacial score (nSPS) is 21.4. The minimum absolute atomic E-state index is 0.0151. The standard InChI is InChI=1S/C22H26F2N4O3/c23-18-3-1-4-19(24)17(18)13-26-12-16(29)11-22(15-26)5-9-27(10-6-22)20(30)14-28-8-2-7-25-21(28)31/h1-4,7-8,16,29H,5-6,9-15H2. The van der Waals surface area contributed by atoms with Crippen molar-refractivity contribution in [2.45, 2.75) is 38.5 Å². The molecular formula is C22H26F2N4O3. The molecule has 2 fully saturated rings. The van der Waals surface area contributed by atoms with Crippen molar-refractivity contribution in [2.24, 2.45) is 5.41 Å². The molecule has 0 radical (unpaired) electrons. The molecule has 2 aliphatic rings. The van der Waals surface area contributed by atoms with Crippen molar-refractivity contribution in [3.05, 3.63) is 64.3 Å². The average Bonchev–Trinajstić information content (AvgIpc) is 2.72. The Labute approximate surface area is 178 Å². The van der Waals surface area contributed by atoms with Crippen LogP contribution in [0.3, 0.4) is 0 Å². The molecule has 7 nitrogen and oxygen atoms in total. The van der Waals surface area contributed by atoms with Crippen LogP contribution in [0.1, 0.15) is 24.8 Å². The number of aliphatic hydroxyl groups is 1. The van der Waals surface area contributed by atoms with E-state index in [1.807, 2.05) is 4.90 Å². The van der Waals surface area contributed by atoms with Crippen LogP contribution in [-0.4, -0.2) is 62.6 Å². The maximum Gasteiger partial charge on any atom is 0.347 e. The van der Waals surface area contributed by atoms with Crippen LogP contribution in [0.25, 0.3) is 0 Å². The van der Waals surface area contributed by atoms with Crippen molar-refractivity contribution in [3.8, 4) is 0 Å². The molecule has 2 aromatic rings. The van der Waals surface area contributed by atoms with E-state index in [1.165, 1.54) is 35.2 Å². The number of benzene rings is 1. The van der Waals surface area contributed by atoms with E-state index in [0.717, 1.165) is 0 Å². The molecule has 2 saturated heterocycles. The summed E-state index contributed by atoms with van der Waals surface area (Å²) in [4.78, 5) is 31.7. The lowest BCUT2D eigenvalue weighted by Crippen LogP contribution is -2.54. The van der Waals surface area contributed by atoms with Gasteiger partial charge in [0.05, 0.1) is 6.10 Å². The number of likely N-dealkylation sites (tertiary alicyclic amines) is 2. The third-order valence-electron chi connectivity index (χ3n) is 6.41. The van der Waals surface area contributed by atoms with Gasteiger partial charge in [0.1, 0.15) is 18.2 Å². The molecule has 1 aromatic heterocycles. The van der Waals surface area contributed by atoms with E-state index in [-0.39, 0.29) is 30.0 Å². The molecule has 1 atom stereocenters. The first-order valence-corrected chi connectivity index (χ1v) is 10.5. The average molecular weight is 432 g/mol. The van der Waals surface area contributed by atoms with Crippen LogP contribution in [0, 0.1) is 17.0 Å². The number of aliphatic hydroxyl groups excluding tert-OH is 1. The number of rotatable bonds is 4. The van der Waals surface area contributed by atoms with Crippen molar-refractivity contribution in [1.29, 1.82) is 0 Å². The predicted octanol–water partition coefficient (Wildman–Crippen LogP) is 1.40. The van der Waals surface area contributed by atoms with Gasteiger partial charge in [-0.05, 0) is 42.9 Å². The number of piperidine rings is 2. The van der Waals surface area contributed by atoms with Crippen LogP contribution < -0.4 is 5.69 Å². The molecule has 1 aromatic carbocycles. The first-order chi connectivity index (χ1) is 14.8. The van der Waals surface area contributed by atoms with Gasteiger partial charge in [-0.15, -0.1) is 0 Å². The molecule has 1 amide bonds. The zero-order valence-electron chi connectivity index (χ0n) is 17.2. The maximum absolute atomic E-state index is 14.1. The highest BCUT2D eigenvalue weighted by molar-refractivity contribution is 5.76. The molecule has 4 rings (SSSR count). The van der Waals surface area contributed by atoms with Gasteiger partial charge in [0.25, 0.3) is 0 Å². The fourth-order valence-corrected chi connectivity index (χ4v) is 4.84. The predicted molar refractivity (Wildman–Crippen MR) is 109 cm³/mol. The fraction of sp³-hybridized carbons (Fsp3) is 0.500. The van der Waals surface area contributed by atoms with Gasteiger partial charge in [-0.2, -0.15) is 0 Å². The van der Waals surface area contributed by atoms with Crippen molar-refractivity contribution < 1.29 is 18.7 Å². The van der Waals surface area contributed by atoms with Crippen LogP contribution in [0.4, 0.5) is 8.78 Å². The molecule has 3 heterocycles. The highest BCUT2D eigenvalue weighted by Gasteiger charge is 2.42. The van der Waals surface area contributed by atoms with E-state index in [0.29, 0.717) is 45.4 Å². The van der Waals surface area contributed by atoms with E-state index in [9.17, 15) is 23.5 Å². The number of carbonyl (C=O) groups excluding carboxylic acids is 1. The van der Waals surface area contributed by atoms with E-state index in [1.54, 1.807) is 11.0 Å². The van der Waals surface area contributed by atoms with E-state index in [4.69, 9.17) is 0 Å². The molecule has 31 heavy (non-hydrogen) atoms. The second-order valence-electron chi connectivity index (χ2n) is 8.64. The van der Waals surface area contributed by atoms with Gasteiger partial charge >= 0.3 is 5.69 Å². The van der Waals surface area contributed by atoms with Crippen LogP contribution in [-0.2, 0) is 17.9 Å². The van der Waals surface area contributed by atoms with Crippen LogP contribution in [0.5, 0.6) is 0 Å². The number of aromatic nitrogens is 2. The number of halogens is 2. The Morgan fingerprint density at radius 3 is 2.58 bits per heavy atom. The lowest BCUT2D eigenvalue weighted by atomic mass is 9.71. The maximum atomic E-state index is 14.1. The van der Waals surface area contributed by atoms with Crippen LogP contribution in [0.15, 0.2) is 41.5 Å². The second kappa shape index (κ2) is 8.84. The van der Waals surface area contributed by atoms with Gasteiger partial charge in [0.15, 0.2) is 0 Å². The zero-order chi connectivity index (χ0) is 22.0. The Bertz CT molecular complexity index is 984. The lowest BCUT2D eigenvalue weighted by Gasteiger charge is -2.49. The minimum Gasteiger partial charge on any atom is -0.392 e. The third-order valence-corrected chi connectivity index (χ3v) is 6.41. The molecule has 0 bridgehead atoms. The Kier molecular flexibility index (Phi) is 6.15. The Morgan fingerprint density at radius 1 is 1.19 bits per heavy atom. The highest BCUT2D eigenvalue weighted by Crippen LogP contribution is 2.40. The Morgan fingerprint density at radius 2 is 1.90 bits per heavy atom. The van der Waals surface area contributed by atoms with Crippen molar-refractivity contribution in [2.75, 3.05) is 26.2 Å². The third kappa shape index (κ3) is 4.83. The van der Waals surface area contributed by atoms with E-state index < -0.39 is 23.4 Å². The summed E-state index contributed by atoms with van der Waals surface area (Å²) in [6.07, 6.45) is 4.33. The van der Waals surface area contributed by atoms with E-state index in [2.05, 4.69) is 4.98 Å². The topological polar surface area (TPSA) is 78.7 Å². The second-order valence-corrected chi connectivity index (χ2v) is 8.64. The lowest BCUT2D eigenvalue weighted by molar-refractivity contribution is -0.135. The number of nitrogens with zero attached hydrogens (tertiary/aromatic N) is 4. The van der Waals surface area contributed by atoms with Crippen molar-refractivity contribution >= 4 is 5.91 Å². The number of amides is 1. The molecule has 1 unspecified atom stereocenters. The summed E-state index contributed by atoms with van der Waals surface area (Å²) < 4.78 is 29.4. The van der Waals surface area contributed by atoms with Gasteiger partial charge < -0.3 is 10.0 Å². The number of β-amino-alcohol motifs (C(OH)–C–C–N with tert-alkyl or cyclic N) is 1. The molecular weight excluding hydrogens is 406 g/mol. The van der Waals surface area contributed by atoms with Crippen molar-refractivity contribution in [1.82, 2.24) is 19.4 Å². The first-order valence-electron chi connectivity index (χ1n) is 10.5. The number of carbonyl (C=O) groups is 1. The quantitative estimate of drug-likeness (QED) is 0.790. The summed E-state index contributed by atoms with van der Waals surface area (Å²) in [5.41, 5.74) is -0.654. The highest BCUT2D eigenvalue weighted by atomic mass is 19.1. The monoisotopic (exact) mass is 432 g/mol. The van der Waals surface area contributed by atoms with Gasteiger partial charge in [-0.25, -0.2) is 18.6 Å². The van der Waals surface area contributed by atoms with Gasteiger partial charge in [0.2, 0.25) is 5.91 Å². The SMILES string of the molecule is O=C(Cn1cccnc1=O)N1CCC2(CC1)CC(O)CN(Cc1c(F)cccc1F)C2. The fourth-order valence-electron chi connectivity index (χ4n) is 4.84. The van der Waals surface area contributed by atoms with Gasteiger partial charge in [0, 0.05) is 50.7 Å². The molecule has 0 aliphatic carbocycles. The summed E-state index contributed by atoms with van der Waals surface area (Å²) in [5, 5.41) is 10.5. The summed E-state index contributed by atoms with van der Waals surface area (Å²) in [7, 11) is 0. The molecule has 166 valence electrons. The Balaban J connectivity index is 1.39. The van der Waals surface area contributed by atoms with Crippen LogP contribution in [0.2, 0.25) is 0 Å². The van der Waals surface area contributed by atoms with E-state index >= 15 is 0 Å². The molecule has 1 spiro atoms. The van der Waals surface area contributed by atoms with Gasteiger partial charge in [-0.3, -0.25) is 14.3 Å². The Hall–Kier alpha value is -2.65. The molecule has 0 saturated carbocycles. The largest absolute Gasteiger partial charge is 0.392 e. The molecule has 9 heteroatoms. The smallest absolute Gasteiger partial charge is 0.347 e. The summed E-state index contributed by atoms with van der Waals surface area (Å²) in [6, 6.07) is 5.43. The van der Waals surface area contributed by atoms with Gasteiger partial charge in [-0.1, -0.05) is 6.07 Å². The summed E-state index contributed by atoms with van der Waals surface area (Å²) in [5.74, 6) is -1.31.